The molecule has 0 spiro atoms. The number of hydrogen-bond donors (Lipinski definition) is 2. The number of sulfone groups is 1. The fourth-order valence-corrected chi connectivity index (χ4v) is 4.34. The number of amides is 2. The predicted octanol–water partition coefficient (Wildman–Crippen LogP) is 1.86. The number of rotatable bonds is 7. The van der Waals surface area contributed by atoms with Gasteiger partial charge in [-0.15, -0.1) is 0 Å². The van der Waals surface area contributed by atoms with E-state index in [2.05, 4.69) is 15.6 Å². The molecule has 0 aliphatic heterocycles. The molecular formula is C20H25N3O4S. The second kappa shape index (κ2) is 9.45. The molecule has 0 unspecified atom stereocenters. The molecule has 8 heteroatoms. The Morgan fingerprint density at radius 1 is 1.07 bits per heavy atom. The van der Waals surface area contributed by atoms with Gasteiger partial charge in [0.15, 0.2) is 9.84 Å². The first-order chi connectivity index (χ1) is 13.3. The van der Waals surface area contributed by atoms with Gasteiger partial charge in [0.1, 0.15) is 5.25 Å². The lowest BCUT2D eigenvalue weighted by Gasteiger charge is -2.19. The summed E-state index contributed by atoms with van der Waals surface area (Å²) in [5, 5.41) is 3.84. The lowest BCUT2D eigenvalue weighted by Crippen LogP contribution is -2.42. The van der Waals surface area contributed by atoms with Crippen LogP contribution in [0.3, 0.4) is 0 Å². The number of aromatic nitrogens is 1. The van der Waals surface area contributed by atoms with Crippen molar-refractivity contribution in [2.45, 2.75) is 37.3 Å². The maximum atomic E-state index is 13.3. The Labute approximate surface area is 165 Å². The number of aryl methyl sites for hydroxylation is 2. The summed E-state index contributed by atoms with van der Waals surface area (Å²) in [5.74, 6) is -1.65. The van der Waals surface area contributed by atoms with Crippen molar-refractivity contribution in [1.82, 2.24) is 15.6 Å². The Bertz CT molecular complexity index is 943. The molecule has 2 aromatic rings. The van der Waals surface area contributed by atoms with Crippen molar-refractivity contribution in [2.75, 3.05) is 13.1 Å². The van der Waals surface area contributed by atoms with E-state index in [9.17, 15) is 18.0 Å². The zero-order chi connectivity index (χ0) is 20.7. The molecule has 1 atom stereocenters. The Morgan fingerprint density at radius 2 is 1.79 bits per heavy atom. The average molecular weight is 404 g/mol. The second-order valence-corrected chi connectivity index (χ2v) is 8.66. The quantitative estimate of drug-likeness (QED) is 0.687. The predicted molar refractivity (Wildman–Crippen MR) is 106 cm³/mol. The van der Waals surface area contributed by atoms with Crippen LogP contribution in [0.5, 0.6) is 0 Å². The van der Waals surface area contributed by atoms with Gasteiger partial charge in [-0.2, -0.15) is 0 Å². The van der Waals surface area contributed by atoms with E-state index in [4.69, 9.17) is 0 Å². The molecule has 0 saturated carbocycles. The largest absolute Gasteiger partial charge is 0.348 e. The summed E-state index contributed by atoms with van der Waals surface area (Å²) < 4.78 is 26.5. The molecule has 0 aliphatic rings. The summed E-state index contributed by atoms with van der Waals surface area (Å²) in [6.07, 6.45) is 3.69. The highest BCUT2D eigenvalue weighted by molar-refractivity contribution is 7.91. The van der Waals surface area contributed by atoms with Crippen LogP contribution in [0, 0.1) is 13.8 Å². The maximum Gasteiger partial charge on any atom is 0.309 e. The van der Waals surface area contributed by atoms with Crippen LogP contribution >= 0.6 is 0 Å². The molecule has 7 nitrogen and oxygen atoms in total. The number of nitrogens with one attached hydrogen (secondary N) is 2. The normalized spacial score (nSPS) is 12.2. The van der Waals surface area contributed by atoms with E-state index in [1.54, 1.807) is 36.5 Å². The number of hydrogen-bond acceptors (Lipinski definition) is 5. The average Bonchev–Trinajstić information content (AvgIpc) is 2.68. The van der Waals surface area contributed by atoms with Crippen LogP contribution in [0.15, 0.2) is 47.6 Å². The topological polar surface area (TPSA) is 105 Å². The number of carbonyl (C=O) groups excluding carboxylic acids is 2. The first-order valence-electron chi connectivity index (χ1n) is 9.04. The van der Waals surface area contributed by atoms with Gasteiger partial charge in [-0.1, -0.05) is 19.1 Å². The molecule has 0 bridgehead atoms. The monoisotopic (exact) mass is 403 g/mol. The van der Waals surface area contributed by atoms with Gasteiger partial charge in [0.25, 0.3) is 0 Å². The second-order valence-electron chi connectivity index (χ2n) is 6.53. The van der Waals surface area contributed by atoms with Crippen LogP contribution in [0.25, 0.3) is 0 Å². The highest BCUT2D eigenvalue weighted by Gasteiger charge is 2.30. The number of pyridine rings is 1. The molecule has 1 heterocycles. The van der Waals surface area contributed by atoms with Crippen molar-refractivity contribution < 1.29 is 18.0 Å². The Kier molecular flexibility index (Phi) is 7.28. The standard InChI is InChI=1S/C20H25N3O4S/c1-4-9-22-19(24)20(25)23-13-18(16-6-5-10-21-12-16)28(26,27)17-8-7-14(2)15(3)11-17/h5-8,10-12,18H,4,9,13H2,1-3H3,(H,22,24)(H,23,25)/t18-/m1/s1. The molecule has 0 radical (unpaired) electrons. The Hall–Kier alpha value is -2.74. The minimum atomic E-state index is -3.82. The number of nitrogens with zero attached hydrogens (tertiary/aromatic N) is 1. The summed E-state index contributed by atoms with van der Waals surface area (Å²) in [6, 6.07) is 8.19. The zero-order valence-electron chi connectivity index (χ0n) is 16.2. The summed E-state index contributed by atoms with van der Waals surface area (Å²) in [4.78, 5) is 27.9. The molecule has 1 aromatic heterocycles. The Morgan fingerprint density at radius 3 is 2.39 bits per heavy atom. The van der Waals surface area contributed by atoms with E-state index in [0.29, 0.717) is 18.5 Å². The van der Waals surface area contributed by atoms with E-state index >= 15 is 0 Å². The third-order valence-corrected chi connectivity index (χ3v) is 6.53. The van der Waals surface area contributed by atoms with Crippen LogP contribution < -0.4 is 10.6 Å². The van der Waals surface area contributed by atoms with Gasteiger partial charge in [-0.3, -0.25) is 14.6 Å². The molecule has 2 N–H and O–H groups in total. The fraction of sp³-hybridized carbons (Fsp3) is 0.350. The van der Waals surface area contributed by atoms with Crippen LogP contribution in [0.1, 0.15) is 35.3 Å². The van der Waals surface area contributed by atoms with Crippen LogP contribution in [0.2, 0.25) is 0 Å². The van der Waals surface area contributed by atoms with E-state index in [0.717, 1.165) is 11.1 Å². The lowest BCUT2D eigenvalue weighted by atomic mass is 10.1. The number of benzene rings is 1. The molecule has 1 aromatic carbocycles. The molecular weight excluding hydrogens is 378 g/mol. The van der Waals surface area contributed by atoms with Crippen molar-refractivity contribution in [3.63, 3.8) is 0 Å². The molecule has 28 heavy (non-hydrogen) atoms. The van der Waals surface area contributed by atoms with Gasteiger partial charge in [-0.05, 0) is 55.2 Å². The van der Waals surface area contributed by atoms with E-state index < -0.39 is 26.9 Å². The van der Waals surface area contributed by atoms with Crippen LogP contribution in [-0.4, -0.2) is 38.3 Å². The molecule has 0 aliphatic carbocycles. The van der Waals surface area contributed by atoms with Crippen molar-refractivity contribution in [3.05, 3.63) is 59.4 Å². The minimum Gasteiger partial charge on any atom is -0.348 e. The van der Waals surface area contributed by atoms with E-state index in [-0.39, 0.29) is 11.4 Å². The third kappa shape index (κ3) is 5.16. The SMILES string of the molecule is CCCNC(=O)C(=O)NC[C@H](c1cccnc1)S(=O)(=O)c1ccc(C)c(C)c1. The van der Waals surface area contributed by atoms with Crippen molar-refractivity contribution in [3.8, 4) is 0 Å². The maximum absolute atomic E-state index is 13.3. The smallest absolute Gasteiger partial charge is 0.309 e. The van der Waals surface area contributed by atoms with Gasteiger partial charge in [0.2, 0.25) is 0 Å². The van der Waals surface area contributed by atoms with Gasteiger partial charge in [-0.25, -0.2) is 8.42 Å². The molecule has 0 saturated heterocycles. The first kappa shape index (κ1) is 21.6. The van der Waals surface area contributed by atoms with Gasteiger partial charge in [0.05, 0.1) is 4.90 Å². The van der Waals surface area contributed by atoms with Gasteiger partial charge in [0, 0.05) is 25.5 Å². The van der Waals surface area contributed by atoms with Crippen molar-refractivity contribution in [1.29, 1.82) is 0 Å². The summed E-state index contributed by atoms with van der Waals surface area (Å²) in [6.45, 7) is 5.75. The van der Waals surface area contributed by atoms with E-state index in [1.165, 1.54) is 6.20 Å². The summed E-state index contributed by atoms with van der Waals surface area (Å²) >= 11 is 0. The van der Waals surface area contributed by atoms with Crippen molar-refractivity contribution >= 4 is 21.7 Å². The minimum absolute atomic E-state index is 0.161. The summed E-state index contributed by atoms with van der Waals surface area (Å²) in [7, 11) is -3.82. The molecule has 150 valence electrons. The van der Waals surface area contributed by atoms with Gasteiger partial charge >= 0.3 is 11.8 Å². The first-order valence-corrected chi connectivity index (χ1v) is 10.6. The van der Waals surface area contributed by atoms with Crippen LogP contribution in [0.4, 0.5) is 0 Å². The number of carbonyl (C=O) groups is 2. The zero-order valence-corrected chi connectivity index (χ0v) is 17.0. The molecule has 0 fully saturated rings. The molecule has 2 amide bonds. The summed E-state index contributed by atoms with van der Waals surface area (Å²) in [5.41, 5.74) is 2.28. The highest BCUT2D eigenvalue weighted by atomic mass is 32.2. The van der Waals surface area contributed by atoms with Crippen molar-refractivity contribution in [2.24, 2.45) is 0 Å². The Balaban J connectivity index is 2.31. The fourth-order valence-electron chi connectivity index (χ4n) is 2.61. The van der Waals surface area contributed by atoms with E-state index in [1.807, 2.05) is 20.8 Å². The third-order valence-electron chi connectivity index (χ3n) is 4.43. The highest BCUT2D eigenvalue weighted by Crippen LogP contribution is 2.29. The molecule has 2 rings (SSSR count). The van der Waals surface area contributed by atoms with Gasteiger partial charge < -0.3 is 10.6 Å². The lowest BCUT2D eigenvalue weighted by molar-refractivity contribution is -0.139. The van der Waals surface area contributed by atoms with Crippen LogP contribution in [-0.2, 0) is 19.4 Å².